The molecule has 1 fully saturated rings. The summed E-state index contributed by atoms with van der Waals surface area (Å²) in [4.78, 5) is 8.95. The van der Waals surface area contributed by atoms with E-state index in [-0.39, 0.29) is 11.9 Å². The van der Waals surface area contributed by atoms with Crippen LogP contribution in [-0.2, 0) is 9.53 Å². The molecular weight excluding hydrogens is 211 g/mol. The molecule has 1 aromatic carbocycles. The molecule has 1 N–H and O–H groups in total. The molecule has 1 saturated carbocycles. The first kappa shape index (κ1) is 12.6. The lowest BCUT2D eigenvalue weighted by atomic mass is 9.78. The number of aliphatic hydroxyl groups is 1. The summed E-state index contributed by atoms with van der Waals surface area (Å²) in [6, 6.07) is 6.54. The topological polar surface area (TPSA) is 46.5 Å². The highest BCUT2D eigenvalue weighted by molar-refractivity contribution is 5.36. The van der Waals surface area contributed by atoms with E-state index in [1.54, 1.807) is 12.1 Å². The van der Waals surface area contributed by atoms with Crippen molar-refractivity contribution in [2.45, 2.75) is 24.9 Å². The van der Waals surface area contributed by atoms with E-state index in [1.165, 1.54) is 19.2 Å². The van der Waals surface area contributed by atoms with Crippen molar-refractivity contribution < 1.29 is 19.0 Å². The molecule has 2 rings (SSSR count). The van der Waals surface area contributed by atoms with Crippen molar-refractivity contribution in [3.05, 3.63) is 35.6 Å². The van der Waals surface area contributed by atoms with Crippen LogP contribution >= 0.6 is 0 Å². The van der Waals surface area contributed by atoms with E-state index in [4.69, 9.17) is 9.90 Å². The van der Waals surface area contributed by atoms with Gasteiger partial charge in [-0.25, -0.2) is 4.39 Å². The van der Waals surface area contributed by atoms with E-state index in [1.807, 2.05) is 0 Å². The van der Waals surface area contributed by atoms with Gasteiger partial charge in [0.25, 0.3) is 6.47 Å². The second-order valence-corrected chi connectivity index (χ2v) is 3.71. The third kappa shape index (κ3) is 3.62. The number of benzene rings is 1. The van der Waals surface area contributed by atoms with Crippen LogP contribution in [-0.4, -0.2) is 24.8 Å². The molecule has 0 bridgehead atoms. The first-order valence-corrected chi connectivity index (χ1v) is 5.07. The maximum Gasteiger partial charge on any atom is 0.292 e. The summed E-state index contributed by atoms with van der Waals surface area (Å²) in [6.07, 6.45) is 1.51. The number of ether oxygens (including phenoxy) is 1. The lowest BCUT2D eigenvalue weighted by Gasteiger charge is -2.31. The van der Waals surface area contributed by atoms with Crippen LogP contribution in [0.5, 0.6) is 0 Å². The summed E-state index contributed by atoms with van der Waals surface area (Å²) in [7, 11) is 1.31. The number of hydrogen-bond donors (Lipinski definition) is 1. The number of halogens is 1. The Morgan fingerprint density at radius 2 is 1.88 bits per heavy atom. The second-order valence-electron chi connectivity index (χ2n) is 3.71. The quantitative estimate of drug-likeness (QED) is 0.783. The Hall–Kier alpha value is -1.42. The molecule has 1 aliphatic rings. The zero-order valence-corrected chi connectivity index (χ0v) is 9.10. The lowest BCUT2D eigenvalue weighted by Crippen LogP contribution is -2.26. The van der Waals surface area contributed by atoms with Crippen LogP contribution in [0.3, 0.4) is 0 Å². The van der Waals surface area contributed by atoms with Gasteiger partial charge in [0.2, 0.25) is 0 Å². The van der Waals surface area contributed by atoms with Gasteiger partial charge in [-0.2, -0.15) is 0 Å². The van der Waals surface area contributed by atoms with Crippen LogP contribution in [0.1, 0.15) is 24.3 Å². The molecule has 0 heterocycles. The summed E-state index contributed by atoms with van der Waals surface area (Å²) < 4.78 is 16.4. The second kappa shape index (κ2) is 6.23. The molecule has 0 unspecified atom stereocenters. The lowest BCUT2D eigenvalue weighted by molar-refractivity contribution is -0.126. The molecule has 4 heteroatoms. The largest absolute Gasteiger partial charge is 0.471 e. The molecule has 0 saturated heterocycles. The normalized spacial score (nSPS) is 22.4. The van der Waals surface area contributed by atoms with Gasteiger partial charge in [0.05, 0.1) is 13.2 Å². The summed E-state index contributed by atoms with van der Waals surface area (Å²) in [5.74, 6) is 0.249. The van der Waals surface area contributed by atoms with Crippen molar-refractivity contribution in [1.82, 2.24) is 0 Å². The van der Waals surface area contributed by atoms with E-state index < -0.39 is 0 Å². The van der Waals surface area contributed by atoms with Crippen molar-refractivity contribution in [2.24, 2.45) is 0 Å². The summed E-state index contributed by atoms with van der Waals surface area (Å²) in [6.45, 7) is 0.375. The third-order valence-electron chi connectivity index (χ3n) is 2.55. The Labute approximate surface area is 93.9 Å². The van der Waals surface area contributed by atoms with Crippen molar-refractivity contribution in [3.8, 4) is 0 Å². The van der Waals surface area contributed by atoms with Crippen molar-refractivity contribution in [2.75, 3.05) is 7.11 Å². The minimum absolute atomic E-state index is 0.139. The number of aliphatic hydroxyl groups excluding tert-OH is 1. The zero-order chi connectivity index (χ0) is 12.0. The van der Waals surface area contributed by atoms with Crippen LogP contribution in [0.2, 0.25) is 0 Å². The predicted octanol–water partition coefficient (Wildman–Crippen LogP) is 1.85. The Morgan fingerprint density at radius 3 is 2.25 bits per heavy atom. The van der Waals surface area contributed by atoms with E-state index in [9.17, 15) is 4.39 Å². The number of carbonyl (C=O) groups excluding carboxylic acids is 1. The fraction of sp³-hybridized carbons (Fsp3) is 0.417. The molecule has 1 aliphatic carbocycles. The van der Waals surface area contributed by atoms with Gasteiger partial charge in [-0.3, -0.25) is 4.79 Å². The molecule has 0 spiro atoms. The molecule has 0 atom stereocenters. The van der Waals surface area contributed by atoms with Gasteiger partial charge in [-0.05, 0) is 36.5 Å². The van der Waals surface area contributed by atoms with Gasteiger partial charge in [0.1, 0.15) is 5.82 Å². The Bertz CT molecular complexity index is 318. The number of hydrogen-bond acceptors (Lipinski definition) is 3. The maximum absolute atomic E-state index is 12.5. The molecule has 0 radical (unpaired) electrons. The molecule has 1 aromatic rings. The fourth-order valence-electron chi connectivity index (χ4n) is 1.59. The van der Waals surface area contributed by atoms with Gasteiger partial charge in [-0.15, -0.1) is 0 Å². The van der Waals surface area contributed by atoms with Crippen molar-refractivity contribution in [3.63, 3.8) is 0 Å². The molecular formula is C12H15FO3. The van der Waals surface area contributed by atoms with Crippen molar-refractivity contribution >= 4 is 6.47 Å². The predicted molar refractivity (Wildman–Crippen MR) is 57.5 cm³/mol. The van der Waals surface area contributed by atoms with E-state index in [0.717, 1.165) is 18.4 Å². The highest BCUT2D eigenvalue weighted by Crippen LogP contribution is 2.36. The fourth-order valence-corrected chi connectivity index (χ4v) is 1.59. The van der Waals surface area contributed by atoms with Crippen LogP contribution in [0, 0.1) is 5.82 Å². The van der Waals surface area contributed by atoms with Gasteiger partial charge in [-0.1, -0.05) is 12.1 Å². The minimum Gasteiger partial charge on any atom is -0.471 e. The summed E-state index contributed by atoms with van der Waals surface area (Å²) in [5.41, 5.74) is 1.14. The monoisotopic (exact) mass is 226 g/mol. The highest BCUT2D eigenvalue weighted by atomic mass is 19.1. The van der Waals surface area contributed by atoms with Gasteiger partial charge < -0.3 is 9.84 Å². The molecule has 0 amide bonds. The molecule has 16 heavy (non-hydrogen) atoms. The zero-order valence-electron chi connectivity index (χ0n) is 9.10. The molecule has 0 aliphatic heterocycles. The Balaban J connectivity index is 0.000000280. The van der Waals surface area contributed by atoms with Crippen LogP contribution in [0.15, 0.2) is 24.3 Å². The molecule has 0 aromatic heterocycles. The van der Waals surface area contributed by atoms with E-state index in [2.05, 4.69) is 4.74 Å². The summed E-state index contributed by atoms with van der Waals surface area (Å²) in [5, 5.41) is 9.06. The summed E-state index contributed by atoms with van der Waals surface area (Å²) >= 11 is 0. The average molecular weight is 226 g/mol. The third-order valence-corrected chi connectivity index (χ3v) is 2.55. The van der Waals surface area contributed by atoms with Gasteiger partial charge >= 0.3 is 0 Å². The van der Waals surface area contributed by atoms with Crippen LogP contribution in [0.25, 0.3) is 0 Å². The smallest absolute Gasteiger partial charge is 0.292 e. The highest BCUT2D eigenvalue weighted by Gasteiger charge is 2.28. The Morgan fingerprint density at radius 1 is 1.38 bits per heavy atom. The van der Waals surface area contributed by atoms with Crippen LogP contribution in [0.4, 0.5) is 4.39 Å². The number of carbonyl (C=O) groups is 1. The number of rotatable bonds is 2. The molecule has 88 valence electrons. The van der Waals surface area contributed by atoms with Crippen molar-refractivity contribution in [1.29, 1.82) is 0 Å². The Kier molecular flexibility index (Phi) is 4.92. The first-order valence-electron chi connectivity index (χ1n) is 5.07. The molecule has 3 nitrogen and oxygen atoms in total. The average Bonchev–Trinajstić information content (AvgIpc) is 2.27. The van der Waals surface area contributed by atoms with Gasteiger partial charge in [0, 0.05) is 0 Å². The van der Waals surface area contributed by atoms with E-state index in [0.29, 0.717) is 12.4 Å². The van der Waals surface area contributed by atoms with Gasteiger partial charge in [0.15, 0.2) is 0 Å². The first-order chi connectivity index (χ1) is 7.67. The maximum atomic E-state index is 12.5. The van der Waals surface area contributed by atoms with E-state index >= 15 is 0 Å². The SMILES string of the molecule is COC=O.O[C@H]1C[C@@H](c2ccc(F)cc2)C1. The van der Waals surface area contributed by atoms with Crippen LogP contribution < -0.4 is 0 Å². The standard InChI is InChI=1S/C10H11FO.C2H4O2/c11-9-3-1-7(2-4-9)8-5-10(12)6-8;1-4-2-3/h1-4,8,10,12H,5-6H2;2H,1H3/t8-,10+;. The minimum atomic E-state index is -0.196. The number of methoxy groups -OCH3 is 1.